The Labute approximate surface area is 386 Å². The largest absolute Gasteiger partial charge is 0.488 e. The third-order valence-corrected chi connectivity index (χ3v) is 12.7. The molecular formula is C48H55ClN8O9. The van der Waals surface area contributed by atoms with Gasteiger partial charge in [0.1, 0.15) is 48.2 Å². The van der Waals surface area contributed by atoms with Gasteiger partial charge in [0, 0.05) is 48.7 Å². The van der Waals surface area contributed by atoms with Crippen LogP contribution in [0.15, 0.2) is 76.3 Å². The van der Waals surface area contributed by atoms with Crippen LogP contribution in [0.25, 0.3) is 22.1 Å². The highest BCUT2D eigenvalue weighted by Gasteiger charge is 2.44. The standard InChI is InChI=1S/C25H28N8O2.C23H27ClO7/c1-4-5-13-32-21-22(29-24(32)31-12-8-9-17(26)14-31)30(3)25(35)33(23(21)34)15-20-27-16(2)18-10-6-7-11-19(18)28-20;24-18-6-3-14(23-22(28)21(27)20(26)19(11-25)31-23)10-15(18)9-13-1-4-16(5-2-13)30-17-7-8-29-12-17/h6-7,10-11,17H,8-9,12-15,26H2,1-3H3;1-6,10,17,19-23,25-28H,7-9,11-12H2/t17-;17-,19+,20+,21-,22+,23-/m10/s1. The second-order valence-corrected chi connectivity index (χ2v) is 17.4. The molecular weight excluding hydrogens is 868 g/mol. The number of halogens is 1. The lowest BCUT2D eigenvalue weighted by Crippen LogP contribution is -2.55. The molecule has 0 bridgehead atoms. The van der Waals surface area contributed by atoms with Crippen molar-refractivity contribution in [3.8, 4) is 17.6 Å². The van der Waals surface area contributed by atoms with Crippen LogP contribution < -0.4 is 26.6 Å². The van der Waals surface area contributed by atoms with Crippen LogP contribution in [0.2, 0.25) is 5.02 Å². The van der Waals surface area contributed by atoms with Crippen molar-refractivity contribution in [1.82, 2.24) is 28.7 Å². The zero-order valence-corrected chi connectivity index (χ0v) is 37.8. The number of benzene rings is 3. The van der Waals surface area contributed by atoms with E-state index in [4.69, 9.17) is 36.5 Å². The summed E-state index contributed by atoms with van der Waals surface area (Å²) >= 11 is 6.40. The highest BCUT2D eigenvalue weighted by molar-refractivity contribution is 6.31. The maximum Gasteiger partial charge on any atom is 0.332 e. The van der Waals surface area contributed by atoms with Crippen molar-refractivity contribution in [2.45, 2.75) is 95.3 Å². The number of piperidine rings is 1. The van der Waals surface area contributed by atoms with E-state index in [1.54, 1.807) is 30.7 Å². The van der Waals surface area contributed by atoms with Crippen LogP contribution in [0.4, 0.5) is 5.95 Å². The number of anilines is 1. The van der Waals surface area contributed by atoms with Crippen molar-refractivity contribution in [2.24, 2.45) is 12.8 Å². The first-order valence-corrected chi connectivity index (χ1v) is 22.5. The fourth-order valence-corrected chi connectivity index (χ4v) is 8.92. The van der Waals surface area contributed by atoms with Gasteiger partial charge in [-0.2, -0.15) is 4.98 Å². The summed E-state index contributed by atoms with van der Waals surface area (Å²) < 4.78 is 21.3. The zero-order valence-electron chi connectivity index (χ0n) is 37.1. The van der Waals surface area contributed by atoms with Crippen molar-refractivity contribution >= 4 is 39.6 Å². The van der Waals surface area contributed by atoms with E-state index >= 15 is 0 Å². The van der Waals surface area contributed by atoms with Crippen LogP contribution in [-0.2, 0) is 36.0 Å². The van der Waals surface area contributed by atoms with Gasteiger partial charge in [-0.3, -0.25) is 18.5 Å². The summed E-state index contributed by atoms with van der Waals surface area (Å²) in [4.78, 5) is 43.0. The maximum atomic E-state index is 13.7. The molecule has 0 saturated carbocycles. The van der Waals surface area contributed by atoms with Crippen LogP contribution in [0.1, 0.15) is 60.5 Å². The molecule has 0 amide bonds. The van der Waals surface area contributed by atoms with Gasteiger partial charge in [0.2, 0.25) is 5.95 Å². The first-order valence-electron chi connectivity index (χ1n) is 22.1. The lowest BCUT2D eigenvalue weighted by molar-refractivity contribution is -0.231. The van der Waals surface area contributed by atoms with E-state index < -0.39 is 48.4 Å². The Morgan fingerprint density at radius 2 is 1.76 bits per heavy atom. The van der Waals surface area contributed by atoms with E-state index in [2.05, 4.69) is 26.7 Å². The van der Waals surface area contributed by atoms with Crippen LogP contribution in [-0.4, -0.2) is 119 Å². The summed E-state index contributed by atoms with van der Waals surface area (Å²) in [6.07, 6.45) is -2.57. The number of aliphatic hydroxyl groups excluding tert-OH is 4. The maximum absolute atomic E-state index is 13.7. The van der Waals surface area contributed by atoms with Gasteiger partial charge in [-0.15, -0.1) is 5.92 Å². The fraction of sp³-hybridized carbons (Fsp3) is 0.438. The minimum atomic E-state index is -1.42. The number of aromatic nitrogens is 6. The zero-order chi connectivity index (χ0) is 46.6. The second kappa shape index (κ2) is 20.5. The van der Waals surface area contributed by atoms with Crippen molar-refractivity contribution in [1.29, 1.82) is 0 Å². The van der Waals surface area contributed by atoms with Crippen LogP contribution in [0.5, 0.6) is 5.75 Å². The molecule has 3 aliphatic heterocycles. The molecule has 348 valence electrons. The molecule has 3 aromatic carbocycles. The molecule has 9 rings (SSSR count). The molecule has 3 saturated heterocycles. The molecule has 18 heteroatoms. The molecule has 3 aliphatic rings. The second-order valence-electron chi connectivity index (χ2n) is 16.9. The number of nitrogens with zero attached hydrogens (tertiary/aromatic N) is 7. The number of fused-ring (bicyclic) bond motifs is 2. The van der Waals surface area contributed by atoms with Gasteiger partial charge in [0.25, 0.3) is 5.56 Å². The Balaban J connectivity index is 0.000000181. The molecule has 17 nitrogen and oxygen atoms in total. The topological polar surface area (TPSA) is 225 Å². The Hall–Kier alpha value is -5.68. The van der Waals surface area contributed by atoms with Crippen molar-refractivity contribution in [3.63, 3.8) is 0 Å². The molecule has 7 atom stereocenters. The molecule has 6 heterocycles. The lowest BCUT2D eigenvalue weighted by Gasteiger charge is -2.40. The number of aliphatic hydroxyl groups is 4. The van der Waals surface area contributed by atoms with Gasteiger partial charge in [-0.25, -0.2) is 14.8 Å². The Kier molecular flexibility index (Phi) is 14.5. The molecule has 3 fully saturated rings. The molecule has 0 spiro atoms. The van der Waals surface area contributed by atoms with E-state index in [-0.39, 0.29) is 25.2 Å². The Morgan fingerprint density at radius 3 is 2.48 bits per heavy atom. The first kappa shape index (κ1) is 46.8. The van der Waals surface area contributed by atoms with E-state index in [0.29, 0.717) is 53.1 Å². The van der Waals surface area contributed by atoms with Gasteiger partial charge in [0.15, 0.2) is 11.2 Å². The van der Waals surface area contributed by atoms with Gasteiger partial charge < -0.3 is 45.3 Å². The van der Waals surface area contributed by atoms with Gasteiger partial charge >= 0.3 is 5.69 Å². The first-order chi connectivity index (χ1) is 31.8. The average molecular weight is 923 g/mol. The van der Waals surface area contributed by atoms with Crippen LogP contribution in [0, 0.1) is 18.8 Å². The third kappa shape index (κ3) is 9.87. The van der Waals surface area contributed by atoms with Gasteiger partial charge in [-0.05, 0) is 74.1 Å². The molecule has 6 aromatic rings. The summed E-state index contributed by atoms with van der Waals surface area (Å²) in [6.45, 7) is 6.18. The van der Waals surface area contributed by atoms with Crippen molar-refractivity contribution < 1.29 is 34.6 Å². The third-order valence-electron chi connectivity index (χ3n) is 12.3. The highest BCUT2D eigenvalue weighted by atomic mass is 35.5. The number of ether oxygens (including phenoxy) is 3. The predicted molar refractivity (Wildman–Crippen MR) is 249 cm³/mol. The quantitative estimate of drug-likeness (QED) is 0.125. The van der Waals surface area contributed by atoms with E-state index in [1.807, 2.05) is 61.5 Å². The number of nitrogens with two attached hydrogens (primary N) is 1. The molecule has 66 heavy (non-hydrogen) atoms. The lowest BCUT2D eigenvalue weighted by atomic mass is 9.90. The Bertz CT molecular complexity index is 2870. The number of rotatable bonds is 10. The van der Waals surface area contributed by atoms with Crippen molar-refractivity contribution in [2.75, 3.05) is 37.8 Å². The number of aryl methyl sites for hydroxylation is 2. The molecule has 0 radical (unpaired) electrons. The van der Waals surface area contributed by atoms with E-state index in [0.717, 1.165) is 65.9 Å². The number of para-hydroxylation sites is 1. The fourth-order valence-electron chi connectivity index (χ4n) is 8.74. The monoisotopic (exact) mass is 922 g/mol. The molecule has 0 aliphatic carbocycles. The van der Waals surface area contributed by atoms with Crippen LogP contribution in [0.3, 0.4) is 0 Å². The number of hydrogen-bond donors (Lipinski definition) is 5. The highest BCUT2D eigenvalue weighted by Crippen LogP contribution is 2.35. The number of hydrogen-bond acceptors (Lipinski definition) is 14. The normalized spacial score (nSPS) is 23.0. The minimum absolute atomic E-state index is 0.0306. The Morgan fingerprint density at radius 1 is 0.970 bits per heavy atom. The summed E-state index contributed by atoms with van der Waals surface area (Å²) in [7, 11) is 1.63. The van der Waals surface area contributed by atoms with Gasteiger partial charge in [0.05, 0.1) is 38.4 Å². The SMILES string of the molecule is CC#CCn1c(N2CCC[C@@H](N)C2)nc2c1c(=O)n(Cc1nc(C)c3ccccc3n1)c(=O)n2C.OC[C@H]1O[C@@H](c2ccc(Cl)c(Cc3ccc(O[C@H]4CCOC4)cc3)c2)[C@H](O)[C@@H](O)[C@@H]1O. The summed E-state index contributed by atoms with van der Waals surface area (Å²) in [5, 5.41) is 41.4. The van der Waals surface area contributed by atoms with Crippen LogP contribution >= 0.6 is 11.6 Å². The van der Waals surface area contributed by atoms with Gasteiger partial charge in [-0.1, -0.05) is 60.0 Å². The average Bonchev–Trinajstić information content (AvgIpc) is 3.98. The summed E-state index contributed by atoms with van der Waals surface area (Å²) in [6, 6.07) is 20.7. The smallest absolute Gasteiger partial charge is 0.332 e. The molecule has 3 aromatic heterocycles. The van der Waals surface area contributed by atoms with E-state index in [9.17, 15) is 30.0 Å². The van der Waals surface area contributed by atoms with E-state index in [1.165, 1.54) is 9.13 Å². The summed E-state index contributed by atoms with van der Waals surface area (Å²) in [5.41, 5.74) is 10.0. The minimum Gasteiger partial charge on any atom is -0.488 e. The summed E-state index contributed by atoms with van der Waals surface area (Å²) in [5.74, 6) is 7.75. The molecule has 6 N–H and O–H groups in total. The predicted octanol–water partition coefficient (Wildman–Crippen LogP) is 2.76. The number of imidazole rings is 1. The van der Waals surface area contributed by atoms with Crippen molar-refractivity contribution in [3.05, 3.63) is 121 Å². The molecule has 0 unspecified atom stereocenters.